The molecule has 2 fully saturated rings. The molecule has 1 aromatic carbocycles. The lowest BCUT2D eigenvalue weighted by atomic mass is 9.96. The number of thioether (sulfide) groups is 1. The van der Waals surface area contributed by atoms with Crippen molar-refractivity contribution in [3.8, 4) is 0 Å². The highest BCUT2D eigenvalue weighted by molar-refractivity contribution is 8.00. The molecule has 0 spiro atoms. The Morgan fingerprint density at radius 3 is 2.25 bits per heavy atom. The third-order valence-corrected chi connectivity index (χ3v) is 6.71. The molecule has 0 N–H and O–H groups in total. The summed E-state index contributed by atoms with van der Waals surface area (Å²) >= 11 is 1.60. The van der Waals surface area contributed by atoms with E-state index in [0.717, 1.165) is 30.6 Å². The number of amides is 2. The summed E-state index contributed by atoms with van der Waals surface area (Å²) in [5.41, 5.74) is -0.482. The fourth-order valence-electron chi connectivity index (χ4n) is 4.30. The fraction of sp³-hybridized carbons (Fsp3) is 0.636. The normalized spacial score (nSPS) is 25.3. The third-order valence-electron chi connectivity index (χ3n) is 5.61. The molecule has 6 heteroatoms. The Kier molecular flexibility index (Phi) is 6.28. The van der Waals surface area contributed by atoms with Gasteiger partial charge in [0, 0.05) is 30.1 Å². The van der Waals surface area contributed by atoms with Gasteiger partial charge in [0.05, 0.1) is 5.25 Å². The van der Waals surface area contributed by atoms with Gasteiger partial charge in [0.1, 0.15) is 5.60 Å². The van der Waals surface area contributed by atoms with Gasteiger partial charge in [-0.2, -0.15) is 0 Å². The Labute approximate surface area is 172 Å². The maximum Gasteiger partial charge on any atom is 0.410 e. The van der Waals surface area contributed by atoms with E-state index in [-0.39, 0.29) is 35.4 Å². The first-order valence-corrected chi connectivity index (χ1v) is 11.0. The Morgan fingerprint density at radius 2 is 1.71 bits per heavy atom. The van der Waals surface area contributed by atoms with E-state index in [0.29, 0.717) is 0 Å². The van der Waals surface area contributed by atoms with Crippen molar-refractivity contribution in [2.75, 3.05) is 7.05 Å². The molecule has 2 aliphatic heterocycles. The average molecular weight is 405 g/mol. The van der Waals surface area contributed by atoms with Crippen LogP contribution in [0.4, 0.5) is 4.79 Å². The van der Waals surface area contributed by atoms with Crippen molar-refractivity contribution < 1.29 is 14.3 Å². The maximum absolute atomic E-state index is 13.0. The summed E-state index contributed by atoms with van der Waals surface area (Å²) in [6.45, 7) is 7.67. The number of hydrogen-bond donors (Lipinski definition) is 0. The zero-order valence-corrected chi connectivity index (χ0v) is 18.4. The standard InChI is InChI=1S/C22H32N2O3S/c1-15(28-19-9-7-6-8-10-19)20(25)23(5)18-13-16-11-12-17(14-18)24(16)21(26)27-22(2,3)4/h6-10,15-18H,11-14H2,1-5H3. The smallest absolute Gasteiger partial charge is 0.410 e. The zero-order valence-electron chi connectivity index (χ0n) is 17.6. The molecule has 154 valence electrons. The summed E-state index contributed by atoms with van der Waals surface area (Å²) in [5, 5.41) is -0.131. The minimum absolute atomic E-state index is 0.131. The molecule has 1 aromatic rings. The summed E-state index contributed by atoms with van der Waals surface area (Å²) in [6, 6.07) is 10.6. The number of carbonyl (C=O) groups is 2. The van der Waals surface area contributed by atoms with Gasteiger partial charge in [-0.25, -0.2) is 4.79 Å². The summed E-state index contributed by atoms with van der Waals surface area (Å²) in [6.07, 6.45) is 3.45. The second-order valence-corrected chi connectivity index (χ2v) is 10.3. The summed E-state index contributed by atoms with van der Waals surface area (Å²) in [7, 11) is 1.91. The topological polar surface area (TPSA) is 49.9 Å². The van der Waals surface area contributed by atoms with Crippen LogP contribution in [0.2, 0.25) is 0 Å². The lowest BCUT2D eigenvalue weighted by Crippen LogP contribution is -2.54. The van der Waals surface area contributed by atoms with Crippen LogP contribution in [0.25, 0.3) is 0 Å². The molecule has 2 bridgehead atoms. The van der Waals surface area contributed by atoms with Gasteiger partial charge in [-0.1, -0.05) is 18.2 Å². The molecule has 0 saturated carbocycles. The number of ether oxygens (including phenoxy) is 1. The van der Waals surface area contributed by atoms with E-state index >= 15 is 0 Å². The average Bonchev–Trinajstić information content (AvgIpc) is 2.90. The van der Waals surface area contributed by atoms with Crippen LogP contribution in [0, 0.1) is 0 Å². The molecule has 0 radical (unpaired) electrons. The largest absolute Gasteiger partial charge is 0.444 e. The summed E-state index contributed by atoms with van der Waals surface area (Å²) < 4.78 is 5.61. The molecular weight excluding hydrogens is 372 g/mol. The molecule has 5 nitrogen and oxygen atoms in total. The molecule has 3 atom stereocenters. The second-order valence-electron chi connectivity index (χ2n) is 8.92. The van der Waals surface area contributed by atoms with E-state index in [2.05, 4.69) is 0 Å². The van der Waals surface area contributed by atoms with Gasteiger partial charge in [-0.3, -0.25) is 4.79 Å². The van der Waals surface area contributed by atoms with E-state index in [9.17, 15) is 9.59 Å². The van der Waals surface area contributed by atoms with Crippen LogP contribution in [0.3, 0.4) is 0 Å². The van der Waals surface area contributed by atoms with Gasteiger partial charge < -0.3 is 14.5 Å². The Balaban J connectivity index is 1.60. The lowest BCUT2D eigenvalue weighted by molar-refractivity contribution is -0.132. The number of rotatable bonds is 4. The number of carbonyl (C=O) groups excluding carboxylic acids is 2. The number of fused-ring (bicyclic) bond motifs is 2. The van der Waals surface area contributed by atoms with Crippen molar-refractivity contribution in [3.63, 3.8) is 0 Å². The van der Waals surface area contributed by atoms with Crippen LogP contribution in [-0.2, 0) is 9.53 Å². The van der Waals surface area contributed by atoms with Crippen molar-refractivity contribution in [2.24, 2.45) is 0 Å². The van der Waals surface area contributed by atoms with E-state index < -0.39 is 5.60 Å². The van der Waals surface area contributed by atoms with E-state index in [1.165, 1.54) is 0 Å². The van der Waals surface area contributed by atoms with Gasteiger partial charge in [-0.05, 0) is 65.5 Å². The van der Waals surface area contributed by atoms with Gasteiger partial charge in [0.25, 0.3) is 0 Å². The van der Waals surface area contributed by atoms with Crippen molar-refractivity contribution in [3.05, 3.63) is 30.3 Å². The molecule has 28 heavy (non-hydrogen) atoms. The van der Waals surface area contributed by atoms with Crippen LogP contribution in [0.15, 0.2) is 35.2 Å². The van der Waals surface area contributed by atoms with Crippen LogP contribution < -0.4 is 0 Å². The van der Waals surface area contributed by atoms with Crippen molar-refractivity contribution >= 4 is 23.8 Å². The minimum Gasteiger partial charge on any atom is -0.444 e. The first-order chi connectivity index (χ1) is 13.2. The molecule has 2 aliphatic rings. The van der Waals surface area contributed by atoms with Gasteiger partial charge in [0.15, 0.2) is 0 Å². The maximum atomic E-state index is 13.0. The predicted molar refractivity (Wildman–Crippen MR) is 112 cm³/mol. The van der Waals surface area contributed by atoms with Crippen LogP contribution in [-0.4, -0.2) is 57.8 Å². The van der Waals surface area contributed by atoms with Gasteiger partial charge >= 0.3 is 6.09 Å². The first-order valence-electron chi connectivity index (χ1n) is 10.2. The van der Waals surface area contributed by atoms with Crippen molar-refractivity contribution in [1.29, 1.82) is 0 Å². The van der Waals surface area contributed by atoms with Gasteiger partial charge in [0.2, 0.25) is 5.91 Å². The van der Waals surface area contributed by atoms with Gasteiger partial charge in [-0.15, -0.1) is 11.8 Å². The van der Waals surface area contributed by atoms with E-state index in [4.69, 9.17) is 4.74 Å². The zero-order chi connectivity index (χ0) is 20.5. The number of nitrogens with zero attached hydrogens (tertiary/aromatic N) is 2. The predicted octanol–water partition coefficient (Wildman–Crippen LogP) is 4.56. The quantitative estimate of drug-likeness (QED) is 0.691. The van der Waals surface area contributed by atoms with Crippen molar-refractivity contribution in [1.82, 2.24) is 9.80 Å². The fourth-order valence-corrected chi connectivity index (χ4v) is 5.29. The number of piperidine rings is 1. The highest BCUT2D eigenvalue weighted by Crippen LogP contribution is 2.39. The Hall–Kier alpha value is -1.69. The summed E-state index contributed by atoms with van der Waals surface area (Å²) in [5.74, 6) is 0.156. The number of hydrogen-bond acceptors (Lipinski definition) is 4. The van der Waals surface area contributed by atoms with E-state index in [1.54, 1.807) is 11.8 Å². The molecule has 2 amide bonds. The molecule has 2 saturated heterocycles. The Morgan fingerprint density at radius 1 is 1.14 bits per heavy atom. The highest BCUT2D eigenvalue weighted by atomic mass is 32.2. The molecule has 0 aromatic heterocycles. The summed E-state index contributed by atoms with van der Waals surface area (Å²) in [4.78, 5) is 30.6. The van der Waals surface area contributed by atoms with Crippen LogP contribution in [0.1, 0.15) is 53.4 Å². The molecule has 0 aliphatic carbocycles. The van der Waals surface area contributed by atoms with Crippen molar-refractivity contribution in [2.45, 2.75) is 87.3 Å². The highest BCUT2D eigenvalue weighted by Gasteiger charge is 2.46. The molecule has 2 heterocycles. The third kappa shape index (κ3) is 4.83. The first kappa shape index (κ1) is 21.0. The van der Waals surface area contributed by atoms with E-state index in [1.807, 2.05) is 74.9 Å². The molecular formula is C22H32N2O3S. The molecule has 3 unspecified atom stereocenters. The SMILES string of the molecule is CC(Sc1ccccc1)C(=O)N(C)C1CC2CCC(C1)N2C(=O)OC(C)(C)C. The number of benzene rings is 1. The monoisotopic (exact) mass is 404 g/mol. The lowest BCUT2D eigenvalue weighted by Gasteiger charge is -2.42. The molecule has 3 rings (SSSR count). The van der Waals surface area contributed by atoms with Crippen LogP contribution in [0.5, 0.6) is 0 Å². The minimum atomic E-state index is -0.482. The Bertz CT molecular complexity index is 689. The van der Waals surface area contributed by atoms with Crippen LogP contribution >= 0.6 is 11.8 Å². The second kappa shape index (κ2) is 8.36.